The molecule has 0 aliphatic carbocycles. The maximum Gasteiger partial charge on any atom is 0.407 e. The van der Waals surface area contributed by atoms with Gasteiger partial charge in [0, 0.05) is 10.9 Å². The van der Waals surface area contributed by atoms with Gasteiger partial charge in [-0.05, 0) is 41.3 Å². The molecule has 0 saturated carbocycles. The van der Waals surface area contributed by atoms with Gasteiger partial charge < -0.3 is 5.32 Å². The standard InChI is InChI=1S/C23H21BrF4N4O/c1-13(2)20(32-21(23(26,27)28)15-5-7-17(24)8-6-15)22(33)31-18(12-30)10-16-4-3-14(11-29)9-19(16)25/h3-9,13,18,20-21,32H,10H2,1-2H3,(H,31,33)/t18-,20-,21-/m0/s1. The van der Waals surface area contributed by atoms with Crippen LogP contribution in [0.5, 0.6) is 0 Å². The highest BCUT2D eigenvalue weighted by atomic mass is 79.9. The summed E-state index contributed by atoms with van der Waals surface area (Å²) < 4.78 is 56.2. The molecule has 0 bridgehead atoms. The first kappa shape index (κ1) is 26.3. The Kier molecular flexibility index (Phi) is 8.98. The fourth-order valence-corrected chi connectivity index (χ4v) is 3.44. The van der Waals surface area contributed by atoms with E-state index in [-0.39, 0.29) is 23.1 Å². The zero-order chi connectivity index (χ0) is 24.8. The maximum atomic E-state index is 14.2. The number of nitrogens with zero attached hydrogens (tertiary/aromatic N) is 2. The average Bonchev–Trinajstić information content (AvgIpc) is 2.74. The molecule has 0 fully saturated rings. The summed E-state index contributed by atoms with van der Waals surface area (Å²) in [5.74, 6) is -2.07. The SMILES string of the molecule is CC(C)[C@H](N[C@@H](c1ccc(Br)cc1)C(F)(F)F)C(=O)N[C@H](C#N)Cc1ccc(C#N)cc1F. The number of nitrogens with one attached hydrogen (secondary N) is 2. The second-order valence-electron chi connectivity index (χ2n) is 7.73. The number of halogens is 5. The Morgan fingerprint density at radius 2 is 1.76 bits per heavy atom. The van der Waals surface area contributed by atoms with Crippen molar-refractivity contribution in [1.82, 2.24) is 10.6 Å². The van der Waals surface area contributed by atoms with Gasteiger partial charge in [0.15, 0.2) is 0 Å². The van der Waals surface area contributed by atoms with Gasteiger partial charge in [-0.25, -0.2) is 4.39 Å². The van der Waals surface area contributed by atoms with Crippen LogP contribution in [-0.2, 0) is 11.2 Å². The van der Waals surface area contributed by atoms with Crippen LogP contribution in [0.1, 0.15) is 36.6 Å². The van der Waals surface area contributed by atoms with E-state index < -0.39 is 41.9 Å². The lowest BCUT2D eigenvalue weighted by Crippen LogP contribution is -2.53. The second-order valence-corrected chi connectivity index (χ2v) is 8.64. The van der Waals surface area contributed by atoms with E-state index in [4.69, 9.17) is 5.26 Å². The number of alkyl halides is 3. The Morgan fingerprint density at radius 1 is 1.12 bits per heavy atom. The molecule has 3 atom stereocenters. The maximum absolute atomic E-state index is 14.2. The molecule has 0 saturated heterocycles. The Labute approximate surface area is 197 Å². The van der Waals surface area contributed by atoms with Crippen LogP contribution < -0.4 is 10.6 Å². The molecule has 2 N–H and O–H groups in total. The fraction of sp³-hybridized carbons (Fsp3) is 0.348. The lowest BCUT2D eigenvalue weighted by atomic mass is 9.98. The highest BCUT2D eigenvalue weighted by molar-refractivity contribution is 9.10. The number of benzene rings is 2. The van der Waals surface area contributed by atoms with Crippen LogP contribution in [0, 0.1) is 34.4 Å². The molecule has 0 heterocycles. The van der Waals surface area contributed by atoms with Crippen LogP contribution in [0.25, 0.3) is 0 Å². The summed E-state index contributed by atoms with van der Waals surface area (Å²) in [6, 6.07) is 8.32. The van der Waals surface area contributed by atoms with Crippen molar-refractivity contribution < 1.29 is 22.4 Å². The highest BCUT2D eigenvalue weighted by Crippen LogP contribution is 2.34. The minimum Gasteiger partial charge on any atom is -0.339 e. The van der Waals surface area contributed by atoms with Crippen LogP contribution in [-0.4, -0.2) is 24.2 Å². The van der Waals surface area contributed by atoms with Crippen LogP contribution in [0.4, 0.5) is 17.6 Å². The van der Waals surface area contributed by atoms with Gasteiger partial charge in [-0.3, -0.25) is 10.1 Å². The minimum absolute atomic E-state index is 0.0689. The lowest BCUT2D eigenvalue weighted by molar-refractivity contribution is -0.161. The molecule has 1 amide bonds. The van der Waals surface area contributed by atoms with E-state index in [1.165, 1.54) is 36.4 Å². The summed E-state index contributed by atoms with van der Waals surface area (Å²) in [5, 5.41) is 23.0. The van der Waals surface area contributed by atoms with Crippen molar-refractivity contribution >= 4 is 21.8 Å². The largest absolute Gasteiger partial charge is 0.407 e. The normalized spacial score (nSPS) is 14.1. The number of rotatable bonds is 8. The fourth-order valence-electron chi connectivity index (χ4n) is 3.18. The van der Waals surface area contributed by atoms with E-state index in [1.54, 1.807) is 19.9 Å². The molecular weight excluding hydrogens is 504 g/mol. The molecule has 2 aromatic carbocycles. The molecule has 2 rings (SSSR count). The van der Waals surface area contributed by atoms with E-state index in [1.807, 2.05) is 6.07 Å². The van der Waals surface area contributed by atoms with E-state index in [9.17, 15) is 27.6 Å². The average molecular weight is 525 g/mol. The molecule has 10 heteroatoms. The van der Waals surface area contributed by atoms with Crippen molar-refractivity contribution in [2.24, 2.45) is 5.92 Å². The van der Waals surface area contributed by atoms with E-state index >= 15 is 0 Å². The van der Waals surface area contributed by atoms with Gasteiger partial charge in [-0.1, -0.05) is 48.0 Å². The van der Waals surface area contributed by atoms with E-state index in [0.717, 1.165) is 6.07 Å². The lowest BCUT2D eigenvalue weighted by Gasteiger charge is -2.30. The van der Waals surface area contributed by atoms with Crippen molar-refractivity contribution in [3.63, 3.8) is 0 Å². The summed E-state index contributed by atoms with van der Waals surface area (Å²) in [6.45, 7) is 3.15. The number of hydrogen-bond donors (Lipinski definition) is 2. The summed E-state index contributed by atoms with van der Waals surface area (Å²) in [4.78, 5) is 12.8. The van der Waals surface area contributed by atoms with Gasteiger partial charge in [0.1, 0.15) is 17.9 Å². The minimum atomic E-state index is -4.68. The molecule has 0 spiro atoms. The Balaban J connectivity index is 2.21. The number of nitriles is 2. The first-order chi connectivity index (χ1) is 15.5. The van der Waals surface area contributed by atoms with E-state index in [2.05, 4.69) is 26.6 Å². The molecule has 2 aromatic rings. The Morgan fingerprint density at radius 3 is 2.24 bits per heavy atom. The predicted molar refractivity (Wildman–Crippen MR) is 117 cm³/mol. The van der Waals surface area contributed by atoms with Crippen molar-refractivity contribution in [2.45, 2.75) is 44.6 Å². The third kappa shape index (κ3) is 7.28. The summed E-state index contributed by atoms with van der Waals surface area (Å²) in [6.07, 6.45) is -4.89. The Bertz CT molecular complexity index is 1060. The van der Waals surface area contributed by atoms with Crippen molar-refractivity contribution in [1.29, 1.82) is 10.5 Å². The van der Waals surface area contributed by atoms with Gasteiger partial charge in [0.05, 0.1) is 23.7 Å². The van der Waals surface area contributed by atoms with Gasteiger partial charge in [0.25, 0.3) is 0 Å². The first-order valence-corrected chi connectivity index (χ1v) is 10.7. The quantitative estimate of drug-likeness (QED) is 0.479. The third-order valence-electron chi connectivity index (χ3n) is 4.90. The summed E-state index contributed by atoms with van der Waals surface area (Å²) in [7, 11) is 0. The van der Waals surface area contributed by atoms with Crippen molar-refractivity contribution in [3.8, 4) is 12.1 Å². The molecule has 0 unspecified atom stereocenters. The topological polar surface area (TPSA) is 88.7 Å². The van der Waals surface area contributed by atoms with Crippen LogP contribution >= 0.6 is 15.9 Å². The van der Waals surface area contributed by atoms with Gasteiger partial charge >= 0.3 is 6.18 Å². The molecule has 0 radical (unpaired) electrons. The molecular formula is C23H21BrF4N4O. The first-order valence-electron chi connectivity index (χ1n) is 9.93. The van der Waals surface area contributed by atoms with Crippen molar-refractivity contribution in [3.05, 3.63) is 69.4 Å². The van der Waals surface area contributed by atoms with Crippen LogP contribution in [0.2, 0.25) is 0 Å². The molecule has 0 aromatic heterocycles. The number of carbonyl (C=O) groups is 1. The van der Waals surface area contributed by atoms with Crippen LogP contribution in [0.15, 0.2) is 46.9 Å². The summed E-state index contributed by atoms with van der Waals surface area (Å²) in [5.41, 5.74) is 0.127. The molecule has 33 heavy (non-hydrogen) atoms. The van der Waals surface area contributed by atoms with Gasteiger partial charge in [-0.2, -0.15) is 23.7 Å². The number of hydrogen-bond acceptors (Lipinski definition) is 4. The number of carbonyl (C=O) groups excluding carboxylic acids is 1. The second kappa shape index (κ2) is 11.3. The smallest absolute Gasteiger partial charge is 0.339 e. The zero-order valence-corrected chi connectivity index (χ0v) is 19.3. The van der Waals surface area contributed by atoms with Crippen LogP contribution in [0.3, 0.4) is 0 Å². The van der Waals surface area contributed by atoms with Crippen molar-refractivity contribution in [2.75, 3.05) is 0 Å². The third-order valence-corrected chi connectivity index (χ3v) is 5.43. The molecule has 5 nitrogen and oxygen atoms in total. The molecule has 174 valence electrons. The molecule has 0 aliphatic rings. The summed E-state index contributed by atoms with van der Waals surface area (Å²) >= 11 is 3.18. The van der Waals surface area contributed by atoms with Gasteiger partial charge in [0.2, 0.25) is 5.91 Å². The Hall–Kier alpha value is -2.95. The predicted octanol–water partition coefficient (Wildman–Crippen LogP) is 4.93. The van der Waals surface area contributed by atoms with E-state index in [0.29, 0.717) is 4.47 Å². The van der Waals surface area contributed by atoms with Gasteiger partial charge in [-0.15, -0.1) is 0 Å². The number of amides is 1. The zero-order valence-electron chi connectivity index (χ0n) is 17.8. The molecule has 0 aliphatic heterocycles. The monoisotopic (exact) mass is 524 g/mol. The highest BCUT2D eigenvalue weighted by Gasteiger charge is 2.43.